The van der Waals surface area contributed by atoms with E-state index in [0.29, 0.717) is 49.0 Å². The lowest BCUT2D eigenvalue weighted by atomic mass is 10.1. The van der Waals surface area contributed by atoms with Crippen LogP contribution >= 0.6 is 11.8 Å². The van der Waals surface area contributed by atoms with Crippen molar-refractivity contribution >= 4 is 55.8 Å². The summed E-state index contributed by atoms with van der Waals surface area (Å²) in [6.45, 7) is 3.69. The molecule has 13 heteroatoms. The Morgan fingerprint density at radius 2 is 1.66 bits per heavy atom. The number of thioether (sulfide) groups is 1. The van der Waals surface area contributed by atoms with Gasteiger partial charge in [-0.05, 0) is 72.5 Å². The molecule has 0 aliphatic carbocycles. The Morgan fingerprint density at radius 3 is 2.38 bits per heavy atom. The number of aliphatic imine (C=N–C) groups is 1. The number of benzene rings is 3. The van der Waals surface area contributed by atoms with E-state index in [4.69, 9.17) is 9.73 Å². The summed E-state index contributed by atoms with van der Waals surface area (Å²) < 4.78 is 33.3. The van der Waals surface area contributed by atoms with Gasteiger partial charge >= 0.3 is 0 Å². The fourth-order valence-corrected chi connectivity index (χ4v) is 9.34. The van der Waals surface area contributed by atoms with Gasteiger partial charge in [-0.15, -0.1) is 0 Å². The van der Waals surface area contributed by atoms with Crippen molar-refractivity contribution in [3.8, 4) is 0 Å². The van der Waals surface area contributed by atoms with Crippen molar-refractivity contribution in [1.29, 1.82) is 0 Å². The molecule has 3 aromatic carbocycles. The van der Waals surface area contributed by atoms with E-state index in [-0.39, 0.29) is 24.1 Å². The Balaban J connectivity index is 1.05. The number of nitrogens with one attached hydrogen (secondary N) is 1. The van der Waals surface area contributed by atoms with Crippen molar-refractivity contribution in [3.63, 3.8) is 0 Å². The van der Waals surface area contributed by atoms with Gasteiger partial charge in [0.25, 0.3) is 0 Å². The number of carbonyl (C=O) groups is 2. The Kier molecular flexibility index (Phi) is 10.3. The molecule has 3 aliphatic heterocycles. The van der Waals surface area contributed by atoms with E-state index >= 15 is 0 Å². The van der Waals surface area contributed by atoms with Crippen LogP contribution in [0.2, 0.25) is 0 Å². The standard InChI is InChI=1S/C37H38N6O5S2/c44-35(33-10-6-20-43(33)50(46,47)26-27-7-2-1-3-8-27)39-29-13-11-28(12-14-29)34-36(45)42(25-31-9-4-5-19-38-31)37(49-34)40-30-15-17-32(18-16-30)41-21-23-48-24-22-41/h1-5,7-9,11-19,33-34H,6,10,20-26H2,(H,39,44)/b40-37-/t33-,34?/m0/s1. The van der Waals surface area contributed by atoms with Gasteiger partial charge < -0.3 is 15.0 Å². The molecule has 258 valence electrons. The highest BCUT2D eigenvalue weighted by molar-refractivity contribution is 8.15. The van der Waals surface area contributed by atoms with Gasteiger partial charge in [0.05, 0.1) is 36.9 Å². The molecule has 4 heterocycles. The summed E-state index contributed by atoms with van der Waals surface area (Å²) in [5, 5.41) is 2.95. The van der Waals surface area contributed by atoms with E-state index in [2.05, 4.69) is 15.2 Å². The zero-order chi connectivity index (χ0) is 34.5. The van der Waals surface area contributed by atoms with Crippen molar-refractivity contribution in [2.24, 2.45) is 4.99 Å². The molecular formula is C37H38N6O5S2. The first-order valence-corrected chi connectivity index (χ1v) is 19.2. The molecule has 1 unspecified atom stereocenters. The topological polar surface area (TPSA) is 125 Å². The number of rotatable bonds is 10. The molecule has 2 atom stereocenters. The molecule has 0 bridgehead atoms. The van der Waals surface area contributed by atoms with Crippen LogP contribution in [-0.2, 0) is 36.6 Å². The first kappa shape index (κ1) is 33.9. The maximum atomic E-state index is 13.9. The number of ether oxygens (including phenoxy) is 1. The molecule has 3 fully saturated rings. The van der Waals surface area contributed by atoms with Crippen molar-refractivity contribution in [2.45, 2.75) is 36.4 Å². The number of amides is 2. The largest absolute Gasteiger partial charge is 0.378 e. The highest BCUT2D eigenvalue weighted by atomic mass is 32.2. The first-order chi connectivity index (χ1) is 24.3. The van der Waals surface area contributed by atoms with Gasteiger partial charge in [-0.1, -0.05) is 60.3 Å². The fourth-order valence-electron chi connectivity index (χ4n) is 6.39. The van der Waals surface area contributed by atoms with Gasteiger partial charge in [-0.25, -0.2) is 13.4 Å². The summed E-state index contributed by atoms with van der Waals surface area (Å²) in [5.41, 5.74) is 4.58. The van der Waals surface area contributed by atoms with Crippen LogP contribution in [0.4, 0.5) is 17.1 Å². The Hall–Kier alpha value is -4.56. The van der Waals surface area contributed by atoms with Crippen molar-refractivity contribution in [3.05, 3.63) is 120 Å². The van der Waals surface area contributed by atoms with Crippen LogP contribution in [0, 0.1) is 0 Å². The number of morpholine rings is 1. The number of hydrogen-bond acceptors (Lipinski definition) is 9. The number of sulfonamides is 1. The minimum Gasteiger partial charge on any atom is -0.378 e. The Morgan fingerprint density at radius 1 is 0.920 bits per heavy atom. The number of amidine groups is 1. The smallest absolute Gasteiger partial charge is 0.247 e. The third-order valence-electron chi connectivity index (χ3n) is 8.98. The summed E-state index contributed by atoms with van der Waals surface area (Å²) in [7, 11) is -3.68. The van der Waals surface area contributed by atoms with Crippen LogP contribution in [0.25, 0.3) is 0 Å². The van der Waals surface area contributed by atoms with Crippen LogP contribution in [-0.4, -0.2) is 78.5 Å². The van der Waals surface area contributed by atoms with Crippen LogP contribution in [0.3, 0.4) is 0 Å². The maximum Gasteiger partial charge on any atom is 0.247 e. The number of pyridine rings is 1. The number of hydrogen-bond donors (Lipinski definition) is 1. The Bertz CT molecular complexity index is 1940. The summed E-state index contributed by atoms with van der Waals surface area (Å²) >= 11 is 1.38. The quantitative estimate of drug-likeness (QED) is 0.234. The van der Waals surface area contributed by atoms with E-state index in [1.54, 1.807) is 47.5 Å². The lowest BCUT2D eigenvalue weighted by Gasteiger charge is -2.28. The fraction of sp³-hybridized carbons (Fsp3) is 0.297. The molecule has 0 spiro atoms. The molecule has 2 amide bonds. The highest BCUT2D eigenvalue weighted by Gasteiger charge is 2.40. The molecule has 3 saturated heterocycles. The lowest BCUT2D eigenvalue weighted by molar-refractivity contribution is -0.126. The zero-order valence-electron chi connectivity index (χ0n) is 27.4. The average Bonchev–Trinajstić information content (AvgIpc) is 3.76. The van der Waals surface area contributed by atoms with Gasteiger partial charge in [-0.2, -0.15) is 4.31 Å². The maximum absolute atomic E-state index is 13.9. The van der Waals surface area contributed by atoms with Crippen LogP contribution in [0.5, 0.6) is 0 Å². The third kappa shape index (κ3) is 7.76. The van der Waals surface area contributed by atoms with Gasteiger partial charge in [0, 0.05) is 37.2 Å². The van der Waals surface area contributed by atoms with E-state index < -0.39 is 21.3 Å². The van der Waals surface area contributed by atoms with Crippen LogP contribution in [0.1, 0.15) is 34.9 Å². The van der Waals surface area contributed by atoms with E-state index in [0.717, 1.165) is 35.7 Å². The third-order valence-corrected chi connectivity index (χ3v) is 12.1. The van der Waals surface area contributed by atoms with Gasteiger partial charge in [-0.3, -0.25) is 19.5 Å². The second-order valence-electron chi connectivity index (χ2n) is 12.4. The highest BCUT2D eigenvalue weighted by Crippen LogP contribution is 2.41. The van der Waals surface area contributed by atoms with E-state index in [9.17, 15) is 18.0 Å². The summed E-state index contributed by atoms with van der Waals surface area (Å²) in [5.74, 6) is -0.623. The SMILES string of the molecule is O=C(Nc1ccc(C2S/C(=N\c3ccc(N4CCOCC4)cc3)N(Cc3ccccn3)C2=O)cc1)[C@@H]1CCCN1S(=O)(=O)Cc1ccccc1. The summed E-state index contributed by atoms with van der Waals surface area (Å²) in [6.07, 6.45) is 2.77. The second kappa shape index (κ2) is 15.1. The number of aromatic nitrogens is 1. The number of nitrogens with zero attached hydrogens (tertiary/aromatic N) is 5. The van der Waals surface area contributed by atoms with E-state index in [1.165, 1.54) is 16.1 Å². The summed E-state index contributed by atoms with van der Waals surface area (Å²) in [4.78, 5) is 40.6. The molecule has 50 heavy (non-hydrogen) atoms. The van der Waals surface area contributed by atoms with Gasteiger partial charge in [0.2, 0.25) is 21.8 Å². The minimum atomic E-state index is -3.68. The van der Waals surface area contributed by atoms with Crippen LogP contribution in [0.15, 0.2) is 108 Å². The molecule has 11 nitrogen and oxygen atoms in total. The normalized spacial score (nSPS) is 20.8. The molecule has 1 aromatic heterocycles. The molecule has 0 radical (unpaired) electrons. The number of carbonyl (C=O) groups excluding carboxylic acids is 2. The molecule has 3 aliphatic rings. The zero-order valence-corrected chi connectivity index (χ0v) is 29.1. The second-order valence-corrected chi connectivity index (χ2v) is 15.4. The van der Waals surface area contributed by atoms with Crippen molar-refractivity contribution in [2.75, 3.05) is 43.1 Å². The van der Waals surface area contributed by atoms with Crippen molar-refractivity contribution in [1.82, 2.24) is 14.2 Å². The van der Waals surface area contributed by atoms with E-state index in [1.807, 2.05) is 60.7 Å². The van der Waals surface area contributed by atoms with Crippen LogP contribution < -0.4 is 10.2 Å². The predicted molar refractivity (Wildman–Crippen MR) is 196 cm³/mol. The lowest BCUT2D eigenvalue weighted by Crippen LogP contribution is -2.43. The van der Waals surface area contributed by atoms with Gasteiger partial charge in [0.1, 0.15) is 11.3 Å². The Labute approximate surface area is 296 Å². The molecular weight excluding hydrogens is 673 g/mol. The molecule has 1 N–H and O–H groups in total. The molecule has 4 aromatic rings. The molecule has 0 saturated carbocycles. The minimum absolute atomic E-state index is 0.105. The first-order valence-electron chi connectivity index (χ1n) is 16.7. The average molecular weight is 711 g/mol. The number of anilines is 2. The summed E-state index contributed by atoms with van der Waals surface area (Å²) in [6, 6.07) is 29.0. The van der Waals surface area contributed by atoms with Gasteiger partial charge in [0.15, 0.2) is 5.17 Å². The van der Waals surface area contributed by atoms with Crippen molar-refractivity contribution < 1.29 is 22.7 Å². The predicted octanol–water partition coefficient (Wildman–Crippen LogP) is 5.36. The monoisotopic (exact) mass is 710 g/mol. The molecule has 7 rings (SSSR count).